The van der Waals surface area contributed by atoms with Crippen LogP contribution in [0.4, 0.5) is 10.1 Å². The van der Waals surface area contributed by atoms with Gasteiger partial charge in [0.15, 0.2) is 0 Å². The van der Waals surface area contributed by atoms with Crippen molar-refractivity contribution >= 4 is 11.6 Å². The summed E-state index contributed by atoms with van der Waals surface area (Å²) in [6, 6.07) is 5.53. The van der Waals surface area contributed by atoms with Crippen LogP contribution in [-0.4, -0.2) is 36.0 Å². The van der Waals surface area contributed by atoms with E-state index in [4.69, 9.17) is 0 Å². The average Bonchev–Trinajstić information content (AvgIpc) is 2.36. The largest absolute Gasteiger partial charge is 0.367 e. The van der Waals surface area contributed by atoms with Gasteiger partial charge in [-0.05, 0) is 43.5 Å². The van der Waals surface area contributed by atoms with Crippen molar-refractivity contribution < 1.29 is 9.18 Å². The summed E-state index contributed by atoms with van der Waals surface area (Å²) in [6.07, 6.45) is 0. The number of halogens is 1. The van der Waals surface area contributed by atoms with Crippen LogP contribution in [0.1, 0.15) is 46.1 Å². The van der Waals surface area contributed by atoms with Gasteiger partial charge in [-0.1, -0.05) is 13.8 Å². The number of amides is 1. The molecule has 1 aromatic rings. The standard InChI is InChI=1S/C17H25FN2O/c1-11(2)15-6-16(18)8-17(7-15)19-9-12(3)20(14(5)21)13(4)10-19/h6-8,11-13H,9-10H2,1-5H3/t12-,13+. The summed E-state index contributed by atoms with van der Waals surface area (Å²) in [5.74, 6) is 0.218. The lowest BCUT2D eigenvalue weighted by Gasteiger charge is -2.45. The van der Waals surface area contributed by atoms with E-state index in [-0.39, 0.29) is 23.8 Å². The van der Waals surface area contributed by atoms with Crippen LogP contribution in [-0.2, 0) is 4.79 Å². The topological polar surface area (TPSA) is 23.6 Å². The summed E-state index contributed by atoms with van der Waals surface area (Å²) in [7, 11) is 0. The quantitative estimate of drug-likeness (QED) is 0.834. The first-order valence-electron chi connectivity index (χ1n) is 7.64. The van der Waals surface area contributed by atoms with Crippen LogP contribution in [0.5, 0.6) is 0 Å². The summed E-state index contributed by atoms with van der Waals surface area (Å²) < 4.78 is 13.9. The third kappa shape index (κ3) is 3.36. The van der Waals surface area contributed by atoms with E-state index >= 15 is 0 Å². The number of anilines is 1. The summed E-state index contributed by atoms with van der Waals surface area (Å²) in [5.41, 5.74) is 1.93. The Morgan fingerprint density at radius 3 is 2.24 bits per heavy atom. The fourth-order valence-corrected chi connectivity index (χ4v) is 3.27. The average molecular weight is 292 g/mol. The second-order valence-electron chi connectivity index (χ2n) is 6.43. The van der Waals surface area contributed by atoms with Crippen LogP contribution in [0.2, 0.25) is 0 Å². The Bertz CT molecular complexity index is 518. The number of rotatable bonds is 2. The summed E-state index contributed by atoms with van der Waals surface area (Å²) >= 11 is 0. The monoisotopic (exact) mass is 292 g/mol. The maximum atomic E-state index is 13.9. The molecular weight excluding hydrogens is 267 g/mol. The Balaban J connectivity index is 2.26. The highest BCUT2D eigenvalue weighted by Gasteiger charge is 2.31. The molecule has 21 heavy (non-hydrogen) atoms. The molecule has 0 saturated carbocycles. The summed E-state index contributed by atoms with van der Waals surface area (Å²) in [5, 5.41) is 0. The third-order valence-electron chi connectivity index (χ3n) is 4.22. The van der Waals surface area contributed by atoms with Crippen LogP contribution in [0.15, 0.2) is 18.2 Å². The van der Waals surface area contributed by atoms with Crippen molar-refractivity contribution in [3.8, 4) is 0 Å². The Kier molecular flexibility index (Phi) is 4.55. The van der Waals surface area contributed by atoms with Crippen molar-refractivity contribution in [3.05, 3.63) is 29.6 Å². The first-order chi connectivity index (χ1) is 9.79. The zero-order chi connectivity index (χ0) is 15.7. The van der Waals surface area contributed by atoms with Gasteiger partial charge in [0.1, 0.15) is 5.82 Å². The number of benzene rings is 1. The molecule has 0 aliphatic carbocycles. The lowest BCUT2D eigenvalue weighted by atomic mass is 10.0. The molecule has 0 bridgehead atoms. The van der Waals surface area contributed by atoms with E-state index in [0.717, 1.165) is 24.3 Å². The second-order valence-corrected chi connectivity index (χ2v) is 6.43. The van der Waals surface area contributed by atoms with E-state index in [2.05, 4.69) is 24.8 Å². The number of hydrogen-bond donors (Lipinski definition) is 0. The highest BCUT2D eigenvalue weighted by Crippen LogP contribution is 2.27. The first-order valence-corrected chi connectivity index (χ1v) is 7.64. The van der Waals surface area contributed by atoms with Gasteiger partial charge >= 0.3 is 0 Å². The Hall–Kier alpha value is -1.58. The molecule has 1 fully saturated rings. The molecule has 2 rings (SSSR count). The second kappa shape index (κ2) is 6.04. The molecule has 116 valence electrons. The maximum Gasteiger partial charge on any atom is 0.220 e. The van der Waals surface area contributed by atoms with Crippen molar-refractivity contribution in [1.29, 1.82) is 0 Å². The summed E-state index contributed by atoms with van der Waals surface area (Å²) in [6.45, 7) is 11.3. The van der Waals surface area contributed by atoms with Gasteiger partial charge in [-0.25, -0.2) is 4.39 Å². The minimum Gasteiger partial charge on any atom is -0.367 e. The highest BCUT2D eigenvalue weighted by molar-refractivity contribution is 5.74. The molecule has 1 aliphatic heterocycles. The molecule has 0 spiro atoms. The van der Waals surface area contributed by atoms with Crippen LogP contribution < -0.4 is 4.90 Å². The number of carbonyl (C=O) groups is 1. The van der Waals surface area contributed by atoms with Gasteiger partial charge in [0.05, 0.1) is 0 Å². The Morgan fingerprint density at radius 2 is 1.76 bits per heavy atom. The van der Waals surface area contributed by atoms with E-state index in [1.165, 1.54) is 0 Å². The molecule has 2 atom stereocenters. The number of piperazine rings is 1. The van der Waals surface area contributed by atoms with Crippen LogP contribution in [0, 0.1) is 5.82 Å². The molecular formula is C17H25FN2O. The smallest absolute Gasteiger partial charge is 0.220 e. The van der Waals surface area contributed by atoms with Crippen molar-refractivity contribution in [2.45, 2.75) is 52.6 Å². The zero-order valence-electron chi connectivity index (χ0n) is 13.6. The molecule has 0 radical (unpaired) electrons. The Labute approximate surface area is 126 Å². The number of nitrogens with zero attached hydrogens (tertiary/aromatic N) is 2. The Morgan fingerprint density at radius 1 is 1.19 bits per heavy atom. The molecule has 3 nitrogen and oxygen atoms in total. The lowest BCUT2D eigenvalue weighted by Crippen LogP contribution is -2.58. The molecule has 1 aromatic carbocycles. The van der Waals surface area contributed by atoms with Gasteiger partial charge in [0.25, 0.3) is 0 Å². The molecule has 0 aromatic heterocycles. The van der Waals surface area contributed by atoms with Gasteiger partial charge in [-0.2, -0.15) is 0 Å². The zero-order valence-corrected chi connectivity index (χ0v) is 13.6. The molecule has 0 unspecified atom stereocenters. The predicted molar refractivity (Wildman–Crippen MR) is 84.1 cm³/mol. The SMILES string of the molecule is CC(=O)N1[C@H](C)CN(c2cc(F)cc(C(C)C)c2)C[C@@H]1C. The van der Waals surface area contributed by atoms with Crippen molar-refractivity contribution in [2.75, 3.05) is 18.0 Å². The molecule has 0 N–H and O–H groups in total. The molecule has 1 aliphatic rings. The van der Waals surface area contributed by atoms with E-state index in [9.17, 15) is 9.18 Å². The maximum absolute atomic E-state index is 13.9. The minimum atomic E-state index is -0.189. The lowest BCUT2D eigenvalue weighted by molar-refractivity contribution is -0.133. The highest BCUT2D eigenvalue weighted by atomic mass is 19.1. The fraction of sp³-hybridized carbons (Fsp3) is 0.588. The minimum absolute atomic E-state index is 0.108. The van der Waals surface area contributed by atoms with Crippen molar-refractivity contribution in [3.63, 3.8) is 0 Å². The van der Waals surface area contributed by atoms with E-state index in [1.807, 2.05) is 18.7 Å². The molecule has 1 amide bonds. The third-order valence-corrected chi connectivity index (χ3v) is 4.22. The van der Waals surface area contributed by atoms with Gasteiger partial charge in [0.2, 0.25) is 5.91 Å². The van der Waals surface area contributed by atoms with E-state index < -0.39 is 0 Å². The first kappa shape index (κ1) is 15.8. The number of hydrogen-bond acceptors (Lipinski definition) is 2. The van der Waals surface area contributed by atoms with Crippen LogP contribution in [0.25, 0.3) is 0 Å². The normalized spacial score (nSPS) is 22.8. The fourth-order valence-electron chi connectivity index (χ4n) is 3.27. The van der Waals surface area contributed by atoms with Gasteiger partial charge in [0, 0.05) is 37.8 Å². The summed E-state index contributed by atoms with van der Waals surface area (Å²) in [4.78, 5) is 15.8. The van der Waals surface area contributed by atoms with Crippen LogP contribution >= 0.6 is 0 Å². The molecule has 4 heteroatoms. The van der Waals surface area contributed by atoms with Crippen molar-refractivity contribution in [2.24, 2.45) is 0 Å². The van der Waals surface area contributed by atoms with Crippen molar-refractivity contribution in [1.82, 2.24) is 4.90 Å². The molecule has 1 heterocycles. The number of carbonyl (C=O) groups excluding carboxylic acids is 1. The molecule has 1 saturated heterocycles. The van der Waals surface area contributed by atoms with Gasteiger partial charge in [-0.15, -0.1) is 0 Å². The predicted octanol–water partition coefficient (Wildman–Crippen LogP) is 3.39. The van der Waals surface area contributed by atoms with E-state index in [1.54, 1.807) is 19.1 Å². The van der Waals surface area contributed by atoms with E-state index in [0.29, 0.717) is 5.92 Å². The van der Waals surface area contributed by atoms with Gasteiger partial charge < -0.3 is 9.80 Å². The van der Waals surface area contributed by atoms with Gasteiger partial charge in [-0.3, -0.25) is 4.79 Å². The van der Waals surface area contributed by atoms with Crippen LogP contribution in [0.3, 0.4) is 0 Å².